The molecular formula is C13H12Br2. The van der Waals surface area contributed by atoms with Crippen LogP contribution in [0.4, 0.5) is 0 Å². The van der Waals surface area contributed by atoms with Crippen molar-refractivity contribution in [3.8, 4) is 11.1 Å². The number of rotatable bonds is 1. The fourth-order valence-corrected chi connectivity index (χ4v) is 1.26. The second kappa shape index (κ2) is 7.66. The van der Waals surface area contributed by atoms with Gasteiger partial charge >= 0.3 is 0 Å². The Morgan fingerprint density at radius 2 is 0.867 bits per heavy atom. The largest absolute Gasteiger partial charge is 0.0802 e. The standard InChI is InChI=1S/C12H10.CH2Br2/c1-3-7-11(8-4-1)12-9-5-2-6-10-12;2-1-3/h1-10H;1H2. The summed E-state index contributed by atoms with van der Waals surface area (Å²) in [5, 5.41) is 0. The Balaban J connectivity index is 0.000000337. The Morgan fingerprint density at radius 3 is 1.13 bits per heavy atom. The van der Waals surface area contributed by atoms with Crippen LogP contribution in [0.3, 0.4) is 0 Å². The van der Waals surface area contributed by atoms with Crippen LogP contribution in [-0.2, 0) is 0 Å². The van der Waals surface area contributed by atoms with E-state index in [2.05, 4.69) is 80.4 Å². The smallest absolute Gasteiger partial charge is 0.0588 e. The van der Waals surface area contributed by atoms with Gasteiger partial charge in [-0.1, -0.05) is 92.5 Å². The topological polar surface area (TPSA) is 0 Å². The third kappa shape index (κ3) is 4.63. The van der Waals surface area contributed by atoms with Crippen molar-refractivity contribution in [1.29, 1.82) is 0 Å². The van der Waals surface area contributed by atoms with E-state index < -0.39 is 0 Å². The first kappa shape index (κ1) is 12.5. The Morgan fingerprint density at radius 1 is 0.600 bits per heavy atom. The molecule has 0 heterocycles. The lowest BCUT2D eigenvalue weighted by Gasteiger charge is -1.98. The third-order valence-corrected chi connectivity index (χ3v) is 1.88. The van der Waals surface area contributed by atoms with Crippen LogP contribution in [0.2, 0.25) is 0 Å². The fraction of sp³-hybridized carbons (Fsp3) is 0.0769. The SMILES string of the molecule is BrCBr.c1ccc(-c2ccccc2)cc1. The number of alkyl halides is 2. The summed E-state index contributed by atoms with van der Waals surface area (Å²) < 4.78 is 0.875. The molecule has 0 spiro atoms. The maximum atomic E-state index is 3.06. The van der Waals surface area contributed by atoms with Gasteiger partial charge in [0.2, 0.25) is 0 Å². The second-order valence-electron chi connectivity index (χ2n) is 2.83. The summed E-state index contributed by atoms with van der Waals surface area (Å²) in [4.78, 5) is 0. The summed E-state index contributed by atoms with van der Waals surface area (Å²) in [5.41, 5.74) is 2.55. The highest BCUT2D eigenvalue weighted by Gasteiger charge is 1.91. The maximum absolute atomic E-state index is 3.06. The molecule has 2 rings (SSSR count). The van der Waals surface area contributed by atoms with E-state index in [1.54, 1.807) is 0 Å². The fourth-order valence-electron chi connectivity index (χ4n) is 1.26. The molecule has 0 aliphatic rings. The molecule has 78 valence electrons. The van der Waals surface area contributed by atoms with E-state index in [9.17, 15) is 0 Å². The van der Waals surface area contributed by atoms with Gasteiger partial charge in [-0.2, -0.15) is 0 Å². The molecule has 0 aliphatic heterocycles. The van der Waals surface area contributed by atoms with Crippen molar-refractivity contribution in [3.05, 3.63) is 60.7 Å². The van der Waals surface area contributed by atoms with Crippen LogP contribution < -0.4 is 0 Å². The summed E-state index contributed by atoms with van der Waals surface area (Å²) in [6.45, 7) is 0. The summed E-state index contributed by atoms with van der Waals surface area (Å²) in [7, 11) is 0. The lowest BCUT2D eigenvalue weighted by atomic mass is 10.1. The normalized spacial score (nSPS) is 8.93. The van der Waals surface area contributed by atoms with Crippen LogP contribution in [0.25, 0.3) is 11.1 Å². The van der Waals surface area contributed by atoms with E-state index in [4.69, 9.17) is 0 Å². The molecule has 2 aromatic rings. The molecular weight excluding hydrogens is 316 g/mol. The first-order valence-electron chi connectivity index (χ1n) is 4.61. The lowest BCUT2D eigenvalue weighted by Crippen LogP contribution is -1.73. The highest BCUT2D eigenvalue weighted by molar-refractivity contribution is 9.24. The molecule has 0 amide bonds. The zero-order valence-electron chi connectivity index (χ0n) is 8.24. The Labute approximate surface area is 108 Å². The maximum Gasteiger partial charge on any atom is 0.0588 e. The number of hydrogen-bond acceptors (Lipinski definition) is 0. The van der Waals surface area contributed by atoms with Crippen LogP contribution in [0.15, 0.2) is 60.7 Å². The van der Waals surface area contributed by atoms with Gasteiger partial charge in [-0.25, -0.2) is 0 Å². The lowest BCUT2D eigenvalue weighted by molar-refractivity contribution is 1.62. The van der Waals surface area contributed by atoms with Gasteiger partial charge in [0, 0.05) is 0 Å². The summed E-state index contributed by atoms with van der Waals surface area (Å²) in [5.74, 6) is 0. The van der Waals surface area contributed by atoms with E-state index >= 15 is 0 Å². The zero-order chi connectivity index (χ0) is 10.9. The van der Waals surface area contributed by atoms with E-state index in [0.717, 1.165) is 4.24 Å². The Hall–Kier alpha value is -0.600. The van der Waals surface area contributed by atoms with Gasteiger partial charge in [0.1, 0.15) is 0 Å². The molecule has 15 heavy (non-hydrogen) atoms. The van der Waals surface area contributed by atoms with Crippen molar-refractivity contribution in [2.45, 2.75) is 0 Å². The molecule has 0 atom stereocenters. The van der Waals surface area contributed by atoms with Crippen molar-refractivity contribution in [2.75, 3.05) is 4.24 Å². The van der Waals surface area contributed by atoms with Crippen LogP contribution in [0.1, 0.15) is 0 Å². The molecule has 0 radical (unpaired) electrons. The van der Waals surface area contributed by atoms with E-state index in [1.807, 2.05) is 12.1 Å². The second-order valence-corrected chi connectivity index (χ2v) is 5.46. The molecule has 2 heteroatoms. The first-order chi connectivity index (χ1) is 7.38. The average molecular weight is 328 g/mol. The third-order valence-electron chi connectivity index (χ3n) is 1.88. The average Bonchev–Trinajstić information content (AvgIpc) is 2.32. The van der Waals surface area contributed by atoms with Gasteiger partial charge in [0.25, 0.3) is 0 Å². The first-order valence-corrected chi connectivity index (χ1v) is 6.85. The van der Waals surface area contributed by atoms with Crippen LogP contribution >= 0.6 is 31.9 Å². The minimum atomic E-state index is 0.875. The molecule has 0 fully saturated rings. The summed E-state index contributed by atoms with van der Waals surface area (Å²) in [6.07, 6.45) is 0. The molecule has 0 unspecified atom stereocenters. The van der Waals surface area contributed by atoms with E-state index in [0.29, 0.717) is 0 Å². The number of halogens is 2. The minimum absolute atomic E-state index is 0.875. The van der Waals surface area contributed by atoms with Crippen LogP contribution in [-0.4, -0.2) is 4.24 Å². The molecule has 2 aromatic carbocycles. The molecule has 0 nitrogen and oxygen atoms in total. The van der Waals surface area contributed by atoms with Crippen LogP contribution in [0.5, 0.6) is 0 Å². The quantitative estimate of drug-likeness (QED) is 0.640. The van der Waals surface area contributed by atoms with Gasteiger partial charge in [0.15, 0.2) is 0 Å². The molecule has 0 bridgehead atoms. The van der Waals surface area contributed by atoms with Gasteiger partial charge in [-0.3, -0.25) is 0 Å². The number of hydrogen-bond donors (Lipinski definition) is 0. The predicted octanol–water partition coefficient (Wildman–Crippen LogP) is 5.09. The number of benzene rings is 2. The molecule has 0 aromatic heterocycles. The zero-order valence-corrected chi connectivity index (χ0v) is 11.4. The van der Waals surface area contributed by atoms with Gasteiger partial charge in [-0.05, 0) is 11.1 Å². The summed E-state index contributed by atoms with van der Waals surface area (Å²) >= 11 is 6.12. The molecule has 0 N–H and O–H groups in total. The van der Waals surface area contributed by atoms with Gasteiger partial charge in [0.05, 0.1) is 4.24 Å². The van der Waals surface area contributed by atoms with Crippen molar-refractivity contribution >= 4 is 31.9 Å². The molecule has 0 aliphatic carbocycles. The molecule has 0 saturated carbocycles. The Kier molecular flexibility index (Phi) is 6.37. The highest BCUT2D eigenvalue weighted by atomic mass is 79.9. The molecule has 0 saturated heterocycles. The minimum Gasteiger partial charge on any atom is -0.0802 e. The van der Waals surface area contributed by atoms with Gasteiger partial charge in [-0.15, -0.1) is 0 Å². The predicted molar refractivity (Wildman–Crippen MR) is 74.6 cm³/mol. The highest BCUT2D eigenvalue weighted by Crippen LogP contribution is 2.17. The van der Waals surface area contributed by atoms with E-state index in [-0.39, 0.29) is 0 Å². The summed E-state index contributed by atoms with van der Waals surface area (Å²) in [6, 6.07) is 20.8. The van der Waals surface area contributed by atoms with E-state index in [1.165, 1.54) is 11.1 Å². The van der Waals surface area contributed by atoms with Crippen molar-refractivity contribution in [3.63, 3.8) is 0 Å². The van der Waals surface area contributed by atoms with Crippen molar-refractivity contribution in [2.24, 2.45) is 0 Å². The Bertz CT molecular complexity index is 319. The van der Waals surface area contributed by atoms with Crippen molar-refractivity contribution < 1.29 is 0 Å². The monoisotopic (exact) mass is 326 g/mol. The van der Waals surface area contributed by atoms with Crippen LogP contribution in [0, 0.1) is 0 Å². The van der Waals surface area contributed by atoms with Crippen molar-refractivity contribution in [1.82, 2.24) is 0 Å². The van der Waals surface area contributed by atoms with Gasteiger partial charge < -0.3 is 0 Å².